The van der Waals surface area contributed by atoms with Crippen LogP contribution in [0.5, 0.6) is 0 Å². The highest BCUT2D eigenvalue weighted by molar-refractivity contribution is 7.15. The number of rotatable bonds is 5. The van der Waals surface area contributed by atoms with E-state index >= 15 is 0 Å². The summed E-state index contributed by atoms with van der Waals surface area (Å²) in [6.45, 7) is 3.50. The summed E-state index contributed by atoms with van der Waals surface area (Å²) in [5, 5.41) is 10.00. The van der Waals surface area contributed by atoms with Gasteiger partial charge in [-0.25, -0.2) is 4.79 Å². The average molecular weight is 266 g/mol. The zero-order valence-electron chi connectivity index (χ0n) is 10.8. The molecule has 6 heteroatoms. The van der Waals surface area contributed by atoms with E-state index in [2.05, 4.69) is 22.3 Å². The van der Waals surface area contributed by atoms with Gasteiger partial charge < -0.3 is 4.90 Å². The van der Waals surface area contributed by atoms with Gasteiger partial charge in [-0.15, -0.1) is 10.2 Å². The lowest BCUT2D eigenvalue weighted by molar-refractivity contribution is 0.229. The molecule has 0 aromatic carbocycles. The van der Waals surface area contributed by atoms with Gasteiger partial charge in [0.2, 0.25) is 5.13 Å². The van der Waals surface area contributed by atoms with Crippen molar-refractivity contribution in [2.75, 3.05) is 25.0 Å². The summed E-state index contributed by atoms with van der Waals surface area (Å²) in [5.41, 5.74) is 0. The van der Waals surface area contributed by atoms with Crippen LogP contribution in [0, 0.1) is 0 Å². The third-order valence-electron chi connectivity index (χ3n) is 2.90. The van der Waals surface area contributed by atoms with Crippen molar-refractivity contribution in [2.24, 2.45) is 0 Å². The van der Waals surface area contributed by atoms with Crippen molar-refractivity contribution in [3.63, 3.8) is 0 Å². The molecule has 1 aliphatic rings. The van der Waals surface area contributed by atoms with Gasteiger partial charge in [0, 0.05) is 26.6 Å². The first-order chi connectivity index (χ1) is 8.72. The molecule has 1 fully saturated rings. The molecule has 0 bridgehead atoms. The first kappa shape index (κ1) is 13.0. The van der Waals surface area contributed by atoms with Crippen molar-refractivity contribution >= 4 is 22.5 Å². The minimum absolute atomic E-state index is 0.0200. The van der Waals surface area contributed by atoms with Gasteiger partial charge >= 0.3 is 6.03 Å². The number of nitrogens with zero attached hydrogens (tertiary/aromatic N) is 4. The minimum atomic E-state index is 0.0200. The van der Waals surface area contributed by atoms with E-state index in [1.165, 1.54) is 11.3 Å². The summed E-state index contributed by atoms with van der Waals surface area (Å²) >= 11 is 1.53. The van der Waals surface area contributed by atoms with E-state index in [9.17, 15) is 4.79 Å². The number of carbonyl (C=O) groups excluding carboxylic acids is 1. The van der Waals surface area contributed by atoms with Crippen LogP contribution in [0.3, 0.4) is 0 Å². The molecule has 2 amide bonds. The van der Waals surface area contributed by atoms with Gasteiger partial charge in [-0.2, -0.15) is 0 Å². The number of hydrogen-bond acceptors (Lipinski definition) is 4. The van der Waals surface area contributed by atoms with Crippen LogP contribution >= 0.6 is 11.3 Å². The number of urea groups is 1. The summed E-state index contributed by atoms with van der Waals surface area (Å²) in [5.74, 6) is 0. The van der Waals surface area contributed by atoms with Gasteiger partial charge in [0.1, 0.15) is 5.01 Å². The van der Waals surface area contributed by atoms with Crippen LogP contribution in [0.1, 0.15) is 24.8 Å². The van der Waals surface area contributed by atoms with E-state index in [4.69, 9.17) is 0 Å². The Hall–Kier alpha value is -1.43. The third-order valence-corrected chi connectivity index (χ3v) is 3.91. The van der Waals surface area contributed by atoms with Crippen LogP contribution in [-0.2, 0) is 6.42 Å². The first-order valence-corrected chi connectivity index (χ1v) is 7.00. The average Bonchev–Trinajstić information content (AvgIpc) is 2.94. The highest BCUT2D eigenvalue weighted by Crippen LogP contribution is 2.24. The first-order valence-electron chi connectivity index (χ1n) is 6.18. The zero-order chi connectivity index (χ0) is 13.0. The molecule has 2 heterocycles. The van der Waals surface area contributed by atoms with Gasteiger partial charge in [0.25, 0.3) is 0 Å². The van der Waals surface area contributed by atoms with Crippen molar-refractivity contribution in [1.29, 1.82) is 0 Å². The van der Waals surface area contributed by atoms with Gasteiger partial charge in [0.05, 0.1) is 0 Å². The van der Waals surface area contributed by atoms with Crippen LogP contribution in [0.25, 0.3) is 0 Å². The van der Waals surface area contributed by atoms with Gasteiger partial charge in [-0.05, 0) is 19.8 Å². The highest BCUT2D eigenvalue weighted by Gasteiger charge is 2.29. The molecule has 0 aliphatic carbocycles. The molecule has 0 unspecified atom stereocenters. The molecule has 0 saturated carbocycles. The topological polar surface area (TPSA) is 49.3 Å². The van der Waals surface area contributed by atoms with Crippen LogP contribution < -0.4 is 4.90 Å². The fourth-order valence-electron chi connectivity index (χ4n) is 1.82. The predicted molar refractivity (Wildman–Crippen MR) is 73.0 cm³/mol. The van der Waals surface area contributed by atoms with E-state index in [1.54, 1.807) is 16.8 Å². The van der Waals surface area contributed by atoms with Crippen LogP contribution in [0.15, 0.2) is 12.2 Å². The normalized spacial score (nSPS) is 16.2. The number of aromatic nitrogens is 2. The predicted octanol–water partition coefficient (Wildman–Crippen LogP) is 2.31. The lowest BCUT2D eigenvalue weighted by atomic mass is 10.2. The van der Waals surface area contributed by atoms with Crippen molar-refractivity contribution in [3.8, 4) is 0 Å². The van der Waals surface area contributed by atoms with E-state index in [0.717, 1.165) is 35.9 Å². The summed E-state index contributed by atoms with van der Waals surface area (Å²) < 4.78 is 0. The maximum Gasteiger partial charge on any atom is 0.326 e. The number of aryl methyl sites for hydroxylation is 1. The highest BCUT2D eigenvalue weighted by atomic mass is 32.1. The second kappa shape index (κ2) is 5.95. The van der Waals surface area contributed by atoms with Crippen LogP contribution in [-0.4, -0.2) is 41.3 Å². The summed E-state index contributed by atoms with van der Waals surface area (Å²) in [6.07, 6.45) is 7.29. The van der Waals surface area contributed by atoms with Crippen molar-refractivity contribution < 1.29 is 4.79 Å². The number of allylic oxidation sites excluding steroid dienone is 2. The Labute approximate surface area is 111 Å². The maximum atomic E-state index is 11.8. The molecule has 1 aliphatic heterocycles. The molecule has 18 heavy (non-hydrogen) atoms. The number of unbranched alkanes of at least 4 members (excludes halogenated alkanes) is 1. The fraction of sp³-hybridized carbons (Fsp3) is 0.583. The van der Waals surface area contributed by atoms with Crippen molar-refractivity contribution in [2.45, 2.75) is 26.2 Å². The quantitative estimate of drug-likeness (QED) is 0.607. The monoisotopic (exact) mass is 266 g/mol. The molecular weight excluding hydrogens is 248 g/mol. The zero-order valence-corrected chi connectivity index (χ0v) is 11.6. The summed E-state index contributed by atoms with van der Waals surface area (Å²) in [7, 11) is 1.81. The third kappa shape index (κ3) is 2.87. The smallest absolute Gasteiger partial charge is 0.326 e. The molecule has 1 aromatic heterocycles. The van der Waals surface area contributed by atoms with Crippen LogP contribution in [0.4, 0.5) is 9.93 Å². The molecule has 0 atom stereocenters. The van der Waals surface area contributed by atoms with E-state index < -0.39 is 0 Å². The maximum absolute atomic E-state index is 11.8. The SMILES string of the molecule is CC=CCCCc1nnc(N2CCN(C)C2=O)s1. The van der Waals surface area contributed by atoms with Gasteiger partial charge in [0.15, 0.2) is 0 Å². The molecule has 5 nitrogen and oxygen atoms in total. The van der Waals surface area contributed by atoms with Crippen LogP contribution in [0.2, 0.25) is 0 Å². The molecule has 2 rings (SSSR count). The van der Waals surface area contributed by atoms with Crippen molar-refractivity contribution in [3.05, 3.63) is 17.2 Å². The molecule has 1 aromatic rings. The summed E-state index contributed by atoms with van der Waals surface area (Å²) in [4.78, 5) is 15.2. The lowest BCUT2D eigenvalue weighted by Gasteiger charge is -2.10. The number of anilines is 1. The summed E-state index contributed by atoms with van der Waals surface area (Å²) in [6, 6.07) is 0.0200. The fourth-order valence-corrected chi connectivity index (χ4v) is 2.72. The number of carbonyl (C=O) groups is 1. The molecule has 98 valence electrons. The van der Waals surface area contributed by atoms with Gasteiger partial charge in [-0.1, -0.05) is 23.5 Å². The second-order valence-corrected chi connectivity index (χ2v) is 5.34. The number of amides is 2. The Balaban J connectivity index is 1.92. The van der Waals surface area contributed by atoms with Crippen molar-refractivity contribution in [1.82, 2.24) is 15.1 Å². The van der Waals surface area contributed by atoms with E-state index in [0.29, 0.717) is 6.54 Å². The largest absolute Gasteiger partial charge is 0.326 e. The number of hydrogen-bond donors (Lipinski definition) is 0. The Kier molecular flexibility index (Phi) is 4.30. The second-order valence-electron chi connectivity index (χ2n) is 4.30. The van der Waals surface area contributed by atoms with E-state index in [-0.39, 0.29) is 6.03 Å². The standard InChI is InChI=1S/C12H18N4OS/c1-3-4-5-6-7-10-13-14-11(18-10)16-9-8-15(2)12(16)17/h3-4H,5-9H2,1-2H3. The van der Waals surface area contributed by atoms with Gasteiger partial charge in [-0.3, -0.25) is 4.90 Å². The Morgan fingerprint density at radius 1 is 1.39 bits per heavy atom. The number of likely N-dealkylation sites (N-methyl/N-ethyl adjacent to an activating group) is 1. The molecule has 0 N–H and O–H groups in total. The Morgan fingerprint density at radius 3 is 2.89 bits per heavy atom. The lowest BCUT2D eigenvalue weighted by Crippen LogP contribution is -2.29. The molecular formula is C12H18N4OS. The minimum Gasteiger partial charge on any atom is -0.326 e. The molecule has 0 spiro atoms. The Bertz CT molecular complexity index is 443. The molecule has 1 saturated heterocycles. The van der Waals surface area contributed by atoms with E-state index in [1.807, 2.05) is 6.92 Å². The Morgan fingerprint density at radius 2 is 2.22 bits per heavy atom. The molecule has 0 radical (unpaired) electrons.